The first-order valence-electron chi connectivity index (χ1n) is 8.99. The molecule has 0 radical (unpaired) electrons. The molecule has 3 rings (SSSR count). The fourth-order valence-electron chi connectivity index (χ4n) is 3.20. The van der Waals surface area contributed by atoms with Crippen LogP contribution in [0.3, 0.4) is 0 Å². The molecular formula is C19H28N4O2. The highest BCUT2D eigenvalue weighted by molar-refractivity contribution is 5.83. The first-order chi connectivity index (χ1) is 12.1. The number of carbonyl (C=O) groups excluding carboxylic acids is 1. The van der Waals surface area contributed by atoms with E-state index in [1.54, 1.807) is 0 Å². The van der Waals surface area contributed by atoms with Crippen molar-refractivity contribution in [2.24, 2.45) is 0 Å². The second-order valence-electron chi connectivity index (χ2n) is 6.79. The summed E-state index contributed by atoms with van der Waals surface area (Å²) in [7, 11) is 2.09. The van der Waals surface area contributed by atoms with Gasteiger partial charge < -0.3 is 25.3 Å². The van der Waals surface area contributed by atoms with E-state index in [1.807, 2.05) is 25.3 Å². The summed E-state index contributed by atoms with van der Waals surface area (Å²) in [6.07, 6.45) is 2.99. The third kappa shape index (κ3) is 4.81. The van der Waals surface area contributed by atoms with Crippen molar-refractivity contribution in [3.8, 4) is 0 Å². The lowest BCUT2D eigenvalue weighted by Gasteiger charge is -2.30. The van der Waals surface area contributed by atoms with Gasteiger partial charge in [-0.05, 0) is 32.0 Å². The zero-order valence-corrected chi connectivity index (χ0v) is 15.0. The van der Waals surface area contributed by atoms with Gasteiger partial charge in [0.05, 0.1) is 18.8 Å². The first kappa shape index (κ1) is 17.9. The molecular weight excluding hydrogens is 316 g/mol. The van der Waals surface area contributed by atoms with Crippen LogP contribution >= 0.6 is 0 Å². The summed E-state index contributed by atoms with van der Waals surface area (Å²) in [4.78, 5) is 17.8. The van der Waals surface area contributed by atoms with Gasteiger partial charge in [-0.1, -0.05) is 18.2 Å². The number of hydrogen-bond donors (Lipinski definition) is 3. The molecule has 0 saturated carbocycles. The first-order valence-corrected chi connectivity index (χ1v) is 8.99. The minimum Gasteiger partial charge on any atom is -0.374 e. The number of para-hydroxylation sites is 1. The molecule has 25 heavy (non-hydrogen) atoms. The molecule has 1 aromatic carbocycles. The summed E-state index contributed by atoms with van der Waals surface area (Å²) in [5.41, 5.74) is 2.37. The maximum absolute atomic E-state index is 12.2. The zero-order chi connectivity index (χ0) is 17.6. The fraction of sp³-hybridized carbons (Fsp3) is 0.526. The number of hydrogen-bond acceptors (Lipinski definition) is 4. The fourth-order valence-corrected chi connectivity index (χ4v) is 3.20. The number of nitrogens with zero attached hydrogens (tertiary/aromatic N) is 1. The molecule has 0 bridgehead atoms. The average molecular weight is 344 g/mol. The molecule has 2 atom stereocenters. The molecule has 2 heterocycles. The van der Waals surface area contributed by atoms with Crippen LogP contribution in [-0.2, 0) is 16.0 Å². The summed E-state index contributed by atoms with van der Waals surface area (Å²) in [6.45, 7) is 5.86. The predicted octanol–water partition coefficient (Wildman–Crippen LogP) is 1.14. The van der Waals surface area contributed by atoms with E-state index in [-0.39, 0.29) is 18.1 Å². The number of ether oxygens (including phenoxy) is 1. The number of H-pyrrole nitrogens is 1. The molecule has 1 aliphatic heterocycles. The number of likely N-dealkylation sites (N-methyl/N-ethyl adjacent to an activating group) is 1. The van der Waals surface area contributed by atoms with Crippen LogP contribution in [-0.4, -0.2) is 67.8 Å². The second-order valence-corrected chi connectivity index (χ2v) is 6.79. The van der Waals surface area contributed by atoms with Gasteiger partial charge in [0.2, 0.25) is 5.91 Å². The van der Waals surface area contributed by atoms with Crippen molar-refractivity contribution < 1.29 is 9.53 Å². The van der Waals surface area contributed by atoms with Gasteiger partial charge in [0.1, 0.15) is 0 Å². The van der Waals surface area contributed by atoms with Gasteiger partial charge in [0.15, 0.2) is 0 Å². The predicted molar refractivity (Wildman–Crippen MR) is 99.7 cm³/mol. The van der Waals surface area contributed by atoms with Crippen molar-refractivity contribution in [3.05, 3.63) is 36.0 Å². The summed E-state index contributed by atoms with van der Waals surface area (Å²) in [5.74, 6) is 0.0315. The Bertz CT molecular complexity index is 700. The Kier molecular flexibility index (Phi) is 6.07. The Morgan fingerprint density at radius 3 is 3.12 bits per heavy atom. The maximum atomic E-state index is 12.2. The van der Waals surface area contributed by atoms with E-state index >= 15 is 0 Å². The standard InChI is InChI=1S/C19H28N4O2/c1-14(21-12-16-13-23(2)9-10-25-16)19(24)20-8-7-15-11-22-18-6-4-3-5-17(15)18/h3-6,11,14,16,21-22H,7-10,12-13H2,1-2H3,(H,20,24)/t14-,16-/m0/s1. The van der Waals surface area contributed by atoms with E-state index < -0.39 is 0 Å². The summed E-state index contributed by atoms with van der Waals surface area (Å²) >= 11 is 0. The average Bonchev–Trinajstić information content (AvgIpc) is 3.03. The van der Waals surface area contributed by atoms with Crippen molar-refractivity contribution >= 4 is 16.8 Å². The molecule has 2 aromatic rings. The highest BCUT2D eigenvalue weighted by Gasteiger charge is 2.19. The van der Waals surface area contributed by atoms with Crippen molar-refractivity contribution in [1.29, 1.82) is 0 Å². The molecule has 0 aliphatic carbocycles. The van der Waals surface area contributed by atoms with Gasteiger partial charge in [-0.25, -0.2) is 0 Å². The van der Waals surface area contributed by atoms with Crippen LogP contribution in [0, 0.1) is 0 Å². The Morgan fingerprint density at radius 2 is 2.28 bits per heavy atom. The zero-order valence-electron chi connectivity index (χ0n) is 15.0. The van der Waals surface area contributed by atoms with Crippen LogP contribution in [0.15, 0.2) is 30.5 Å². The van der Waals surface area contributed by atoms with Crippen LogP contribution in [0.2, 0.25) is 0 Å². The normalized spacial score (nSPS) is 19.8. The molecule has 1 amide bonds. The van der Waals surface area contributed by atoms with Gasteiger partial charge in [-0.2, -0.15) is 0 Å². The van der Waals surface area contributed by atoms with E-state index in [1.165, 1.54) is 10.9 Å². The molecule has 6 heteroatoms. The maximum Gasteiger partial charge on any atom is 0.236 e. The lowest BCUT2D eigenvalue weighted by atomic mass is 10.1. The number of amides is 1. The Morgan fingerprint density at radius 1 is 1.44 bits per heavy atom. The molecule has 0 spiro atoms. The smallest absolute Gasteiger partial charge is 0.236 e. The minimum atomic E-state index is -0.223. The van der Waals surface area contributed by atoms with Crippen LogP contribution in [0.4, 0.5) is 0 Å². The van der Waals surface area contributed by atoms with E-state index in [0.29, 0.717) is 13.1 Å². The highest BCUT2D eigenvalue weighted by atomic mass is 16.5. The number of nitrogens with one attached hydrogen (secondary N) is 3. The lowest BCUT2D eigenvalue weighted by molar-refractivity contribution is -0.122. The highest BCUT2D eigenvalue weighted by Crippen LogP contribution is 2.17. The largest absolute Gasteiger partial charge is 0.374 e. The number of benzene rings is 1. The van der Waals surface area contributed by atoms with Crippen LogP contribution in [0.25, 0.3) is 10.9 Å². The third-order valence-corrected chi connectivity index (χ3v) is 4.76. The van der Waals surface area contributed by atoms with Crippen molar-refractivity contribution in [2.75, 3.05) is 39.8 Å². The Labute approximate surface area is 148 Å². The molecule has 1 fully saturated rings. The third-order valence-electron chi connectivity index (χ3n) is 4.76. The Hall–Kier alpha value is -1.89. The number of fused-ring (bicyclic) bond motifs is 1. The molecule has 6 nitrogen and oxygen atoms in total. The van der Waals surface area contributed by atoms with Crippen molar-refractivity contribution in [3.63, 3.8) is 0 Å². The molecule has 3 N–H and O–H groups in total. The number of aromatic nitrogens is 1. The summed E-state index contributed by atoms with van der Waals surface area (Å²) in [5, 5.41) is 7.52. The number of carbonyl (C=O) groups is 1. The number of aromatic amines is 1. The molecule has 1 aromatic heterocycles. The molecule has 0 unspecified atom stereocenters. The van der Waals surface area contributed by atoms with Crippen molar-refractivity contribution in [2.45, 2.75) is 25.5 Å². The van der Waals surface area contributed by atoms with Gasteiger partial charge >= 0.3 is 0 Å². The molecule has 136 valence electrons. The van der Waals surface area contributed by atoms with E-state index in [4.69, 9.17) is 4.74 Å². The molecule has 1 saturated heterocycles. The number of morpholine rings is 1. The minimum absolute atomic E-state index is 0.0315. The van der Waals surface area contributed by atoms with E-state index in [9.17, 15) is 4.79 Å². The summed E-state index contributed by atoms with van der Waals surface area (Å²) in [6, 6.07) is 8.00. The van der Waals surface area contributed by atoms with Crippen LogP contribution in [0.1, 0.15) is 12.5 Å². The Balaban J connectivity index is 1.39. The second kappa shape index (κ2) is 8.47. The topological polar surface area (TPSA) is 69.4 Å². The van der Waals surface area contributed by atoms with E-state index in [0.717, 1.165) is 31.6 Å². The van der Waals surface area contributed by atoms with Gasteiger partial charge in [-0.3, -0.25) is 4.79 Å². The van der Waals surface area contributed by atoms with Crippen molar-refractivity contribution in [1.82, 2.24) is 20.5 Å². The van der Waals surface area contributed by atoms with Crippen LogP contribution in [0.5, 0.6) is 0 Å². The van der Waals surface area contributed by atoms with E-state index in [2.05, 4.69) is 39.7 Å². The molecule has 1 aliphatic rings. The van der Waals surface area contributed by atoms with Crippen LogP contribution < -0.4 is 10.6 Å². The number of rotatable bonds is 7. The van der Waals surface area contributed by atoms with Gasteiger partial charge in [0.25, 0.3) is 0 Å². The van der Waals surface area contributed by atoms with Gasteiger partial charge in [0, 0.05) is 43.3 Å². The monoisotopic (exact) mass is 344 g/mol. The lowest BCUT2D eigenvalue weighted by Crippen LogP contribution is -2.49. The quantitative estimate of drug-likeness (QED) is 0.704. The SMILES string of the molecule is C[C@H](NC[C@H]1CN(C)CCO1)C(=O)NCCc1c[nH]c2ccccc12. The van der Waals surface area contributed by atoms with Gasteiger partial charge in [-0.15, -0.1) is 0 Å². The summed E-state index contributed by atoms with van der Waals surface area (Å²) < 4.78 is 5.71.